The fourth-order valence-corrected chi connectivity index (χ4v) is 1.94. The zero-order valence-electron chi connectivity index (χ0n) is 10.4. The van der Waals surface area contributed by atoms with Crippen LogP contribution >= 0.6 is 0 Å². The number of hydrogen-bond acceptors (Lipinski definition) is 1. The van der Waals surface area contributed by atoms with Gasteiger partial charge < -0.3 is 5.73 Å². The molecule has 0 aliphatic carbocycles. The minimum atomic E-state index is -0.180. The first-order chi connectivity index (χ1) is 8.22. The average Bonchev–Trinajstić information content (AvgIpc) is 2.29. The van der Waals surface area contributed by atoms with E-state index in [1.165, 1.54) is 18.9 Å². The van der Waals surface area contributed by atoms with Gasteiger partial charge in [0.25, 0.3) is 0 Å². The maximum atomic E-state index is 13.0. The van der Waals surface area contributed by atoms with Gasteiger partial charge in [-0.1, -0.05) is 31.1 Å². The van der Waals surface area contributed by atoms with Crippen molar-refractivity contribution in [1.82, 2.24) is 0 Å². The second kappa shape index (κ2) is 8.02. The minimum Gasteiger partial charge on any atom is -0.327 e. The van der Waals surface area contributed by atoms with Gasteiger partial charge in [-0.15, -0.1) is 6.58 Å². The van der Waals surface area contributed by atoms with Gasteiger partial charge in [0, 0.05) is 6.04 Å². The van der Waals surface area contributed by atoms with Gasteiger partial charge in [-0.25, -0.2) is 4.39 Å². The molecule has 0 aliphatic heterocycles. The van der Waals surface area contributed by atoms with Crippen LogP contribution in [-0.2, 0) is 6.42 Å². The predicted octanol–water partition coefficient (Wildman–Crippen LogP) is 3.83. The molecule has 0 saturated heterocycles. The number of halogens is 1. The van der Waals surface area contributed by atoms with Crippen molar-refractivity contribution in [3.05, 3.63) is 48.3 Å². The minimum absolute atomic E-state index is 0.139. The SMILES string of the molecule is C=CCCCCCC(N)Cc1cccc(F)c1. The molecular weight excluding hydrogens is 213 g/mol. The fraction of sp³-hybridized carbons (Fsp3) is 0.467. The highest BCUT2D eigenvalue weighted by atomic mass is 19.1. The Morgan fingerprint density at radius 3 is 2.82 bits per heavy atom. The molecule has 1 unspecified atom stereocenters. The molecule has 0 amide bonds. The summed E-state index contributed by atoms with van der Waals surface area (Å²) in [6.45, 7) is 3.70. The standard InChI is InChI=1S/C15H22FN/c1-2-3-4-5-6-10-15(17)12-13-8-7-9-14(16)11-13/h2,7-9,11,15H,1,3-6,10,12,17H2. The highest BCUT2D eigenvalue weighted by Crippen LogP contribution is 2.10. The van der Waals surface area contributed by atoms with Gasteiger partial charge in [0.05, 0.1) is 0 Å². The second-order valence-electron chi connectivity index (χ2n) is 4.52. The van der Waals surface area contributed by atoms with Crippen LogP contribution in [0.3, 0.4) is 0 Å². The number of allylic oxidation sites excluding steroid dienone is 1. The Balaban J connectivity index is 2.20. The quantitative estimate of drug-likeness (QED) is 0.538. The Hall–Kier alpha value is -1.15. The smallest absolute Gasteiger partial charge is 0.123 e. The zero-order valence-corrected chi connectivity index (χ0v) is 10.4. The lowest BCUT2D eigenvalue weighted by Gasteiger charge is -2.11. The highest BCUT2D eigenvalue weighted by molar-refractivity contribution is 5.17. The van der Waals surface area contributed by atoms with E-state index in [1.807, 2.05) is 12.1 Å². The summed E-state index contributed by atoms with van der Waals surface area (Å²) in [5.41, 5.74) is 7.02. The molecule has 1 aromatic rings. The van der Waals surface area contributed by atoms with Gasteiger partial charge in [0.15, 0.2) is 0 Å². The van der Waals surface area contributed by atoms with Gasteiger partial charge in [0.2, 0.25) is 0 Å². The molecule has 0 radical (unpaired) electrons. The van der Waals surface area contributed by atoms with Crippen LogP contribution in [0.2, 0.25) is 0 Å². The monoisotopic (exact) mass is 235 g/mol. The topological polar surface area (TPSA) is 26.0 Å². The number of unbranched alkanes of at least 4 members (excludes halogenated alkanes) is 3. The number of hydrogen-bond donors (Lipinski definition) is 1. The molecule has 0 saturated carbocycles. The molecule has 0 fully saturated rings. The third kappa shape index (κ3) is 6.22. The molecule has 1 rings (SSSR count). The third-order valence-electron chi connectivity index (χ3n) is 2.87. The molecule has 0 spiro atoms. The number of benzene rings is 1. The van der Waals surface area contributed by atoms with E-state index in [-0.39, 0.29) is 11.9 Å². The van der Waals surface area contributed by atoms with Gasteiger partial charge in [0.1, 0.15) is 5.82 Å². The van der Waals surface area contributed by atoms with Crippen molar-refractivity contribution in [2.75, 3.05) is 0 Å². The van der Waals surface area contributed by atoms with E-state index in [4.69, 9.17) is 5.73 Å². The molecule has 1 aromatic carbocycles. The lowest BCUT2D eigenvalue weighted by Crippen LogP contribution is -2.22. The summed E-state index contributed by atoms with van der Waals surface area (Å²) in [6, 6.07) is 6.84. The van der Waals surface area contributed by atoms with Crippen LogP contribution in [-0.4, -0.2) is 6.04 Å². The Labute approximate surface area is 104 Å². The molecule has 2 N–H and O–H groups in total. The van der Waals surface area contributed by atoms with E-state index < -0.39 is 0 Å². The van der Waals surface area contributed by atoms with Crippen LogP contribution in [0.4, 0.5) is 4.39 Å². The van der Waals surface area contributed by atoms with Crippen molar-refractivity contribution in [3.63, 3.8) is 0 Å². The molecular formula is C15H22FN. The summed E-state index contributed by atoms with van der Waals surface area (Å²) in [7, 11) is 0. The largest absolute Gasteiger partial charge is 0.327 e. The summed E-state index contributed by atoms with van der Waals surface area (Å²) in [6.07, 6.45) is 8.34. The van der Waals surface area contributed by atoms with Crippen molar-refractivity contribution in [1.29, 1.82) is 0 Å². The summed E-state index contributed by atoms with van der Waals surface area (Å²) in [5, 5.41) is 0. The van der Waals surface area contributed by atoms with Crippen molar-refractivity contribution in [2.45, 2.75) is 44.6 Å². The molecule has 0 bridgehead atoms. The highest BCUT2D eigenvalue weighted by Gasteiger charge is 2.04. The normalized spacial score (nSPS) is 12.4. The summed E-state index contributed by atoms with van der Waals surface area (Å²) < 4.78 is 13.0. The van der Waals surface area contributed by atoms with Crippen molar-refractivity contribution < 1.29 is 4.39 Å². The lowest BCUT2D eigenvalue weighted by molar-refractivity contribution is 0.548. The summed E-state index contributed by atoms with van der Waals surface area (Å²) >= 11 is 0. The first-order valence-corrected chi connectivity index (χ1v) is 6.33. The van der Waals surface area contributed by atoms with Crippen LogP contribution in [0.15, 0.2) is 36.9 Å². The molecule has 0 aliphatic rings. The van der Waals surface area contributed by atoms with E-state index in [1.54, 1.807) is 12.1 Å². The van der Waals surface area contributed by atoms with E-state index >= 15 is 0 Å². The third-order valence-corrected chi connectivity index (χ3v) is 2.87. The maximum Gasteiger partial charge on any atom is 0.123 e. The summed E-state index contributed by atoms with van der Waals surface area (Å²) in [5.74, 6) is -0.180. The Morgan fingerprint density at radius 1 is 1.29 bits per heavy atom. The first-order valence-electron chi connectivity index (χ1n) is 6.33. The van der Waals surface area contributed by atoms with Crippen LogP contribution < -0.4 is 5.73 Å². The Morgan fingerprint density at radius 2 is 2.12 bits per heavy atom. The van der Waals surface area contributed by atoms with Crippen molar-refractivity contribution >= 4 is 0 Å². The van der Waals surface area contributed by atoms with E-state index in [0.29, 0.717) is 0 Å². The molecule has 0 aromatic heterocycles. The number of rotatable bonds is 8. The van der Waals surface area contributed by atoms with Crippen molar-refractivity contribution in [3.8, 4) is 0 Å². The molecule has 0 heterocycles. The van der Waals surface area contributed by atoms with Crippen LogP contribution in [0, 0.1) is 5.82 Å². The van der Waals surface area contributed by atoms with Gasteiger partial charge in [-0.05, 0) is 43.4 Å². The van der Waals surface area contributed by atoms with Gasteiger partial charge >= 0.3 is 0 Å². The van der Waals surface area contributed by atoms with Crippen LogP contribution in [0.5, 0.6) is 0 Å². The van der Waals surface area contributed by atoms with Gasteiger partial charge in [-0.2, -0.15) is 0 Å². The van der Waals surface area contributed by atoms with Crippen molar-refractivity contribution in [2.24, 2.45) is 5.73 Å². The van der Waals surface area contributed by atoms with Gasteiger partial charge in [-0.3, -0.25) is 0 Å². The van der Waals surface area contributed by atoms with E-state index in [0.717, 1.165) is 31.2 Å². The fourth-order valence-electron chi connectivity index (χ4n) is 1.94. The number of nitrogens with two attached hydrogens (primary N) is 1. The average molecular weight is 235 g/mol. The van der Waals surface area contributed by atoms with E-state index in [9.17, 15) is 4.39 Å². The molecule has 1 atom stereocenters. The Bertz CT molecular complexity index is 335. The summed E-state index contributed by atoms with van der Waals surface area (Å²) in [4.78, 5) is 0. The molecule has 17 heavy (non-hydrogen) atoms. The first kappa shape index (κ1) is 13.9. The molecule has 2 heteroatoms. The van der Waals surface area contributed by atoms with Crippen LogP contribution in [0.1, 0.15) is 37.7 Å². The lowest BCUT2D eigenvalue weighted by atomic mass is 10.0. The molecule has 1 nitrogen and oxygen atoms in total. The zero-order chi connectivity index (χ0) is 12.5. The Kier molecular flexibility index (Phi) is 6.56. The maximum absolute atomic E-state index is 13.0. The second-order valence-corrected chi connectivity index (χ2v) is 4.52. The molecule has 94 valence electrons. The van der Waals surface area contributed by atoms with Crippen LogP contribution in [0.25, 0.3) is 0 Å². The predicted molar refractivity (Wildman–Crippen MR) is 71.4 cm³/mol. The van der Waals surface area contributed by atoms with E-state index in [2.05, 4.69) is 6.58 Å².